The highest BCUT2D eigenvalue weighted by Crippen LogP contribution is 2.31. The van der Waals surface area contributed by atoms with Crippen molar-refractivity contribution >= 4 is 21.7 Å². The van der Waals surface area contributed by atoms with Crippen molar-refractivity contribution in [3.63, 3.8) is 0 Å². The van der Waals surface area contributed by atoms with E-state index < -0.39 is 33.9 Å². The van der Waals surface area contributed by atoms with Crippen LogP contribution >= 0.6 is 0 Å². The Hall–Kier alpha value is -2.29. The van der Waals surface area contributed by atoms with Gasteiger partial charge in [0.25, 0.3) is 5.91 Å². The minimum atomic E-state index is -3.09. The average molecular weight is 399 g/mol. The molecule has 1 aromatic rings. The van der Waals surface area contributed by atoms with Crippen molar-refractivity contribution in [3.05, 3.63) is 23.8 Å². The van der Waals surface area contributed by atoms with E-state index in [0.717, 1.165) is 5.56 Å². The lowest BCUT2D eigenvalue weighted by atomic mass is 10.1. The van der Waals surface area contributed by atoms with Crippen LogP contribution in [0.25, 0.3) is 0 Å². The lowest BCUT2D eigenvalue weighted by Crippen LogP contribution is -2.42. The Kier molecular flexibility index (Phi) is 7.06. The van der Waals surface area contributed by atoms with Gasteiger partial charge in [-0.3, -0.25) is 9.59 Å². The van der Waals surface area contributed by atoms with E-state index in [0.29, 0.717) is 24.3 Å². The Morgan fingerprint density at radius 3 is 2.59 bits per heavy atom. The number of sulfone groups is 1. The molecule has 0 aliphatic carbocycles. The van der Waals surface area contributed by atoms with Crippen molar-refractivity contribution in [3.8, 4) is 11.5 Å². The third-order valence-corrected chi connectivity index (χ3v) is 6.11. The van der Waals surface area contributed by atoms with Crippen LogP contribution in [0.2, 0.25) is 0 Å². The van der Waals surface area contributed by atoms with E-state index in [4.69, 9.17) is 14.2 Å². The smallest absolute Gasteiger partial charge is 0.306 e. The van der Waals surface area contributed by atoms with E-state index in [9.17, 15) is 18.0 Å². The van der Waals surface area contributed by atoms with Crippen molar-refractivity contribution in [1.82, 2.24) is 5.32 Å². The van der Waals surface area contributed by atoms with Crippen molar-refractivity contribution in [1.29, 1.82) is 0 Å². The molecule has 1 saturated heterocycles. The number of esters is 1. The number of rotatable bonds is 8. The molecule has 1 N–H and O–H groups in total. The van der Waals surface area contributed by atoms with Gasteiger partial charge in [0.1, 0.15) is 0 Å². The summed E-state index contributed by atoms with van der Waals surface area (Å²) in [6.45, 7) is 1.46. The van der Waals surface area contributed by atoms with Crippen LogP contribution < -0.4 is 14.8 Å². The van der Waals surface area contributed by atoms with Crippen molar-refractivity contribution in [2.45, 2.75) is 38.3 Å². The molecule has 1 aliphatic heterocycles. The van der Waals surface area contributed by atoms with Crippen LogP contribution in [0.5, 0.6) is 11.5 Å². The fraction of sp³-hybridized carbons (Fsp3) is 0.556. The predicted octanol–water partition coefficient (Wildman–Crippen LogP) is 0.871. The molecular formula is C18H25NO7S. The summed E-state index contributed by atoms with van der Waals surface area (Å²) in [6, 6.07) is 4.96. The standard InChI is InChI=1S/C18H25NO7S/c1-12(18(21)19-14-9-10-27(22,23)11-14)26-16(20)8-7-13-5-4-6-15(24-2)17(13)25-3/h4-6,12,14H,7-11H2,1-3H3,(H,19,21)/t12-,14+/m1/s1. The Morgan fingerprint density at radius 1 is 1.26 bits per heavy atom. The molecular weight excluding hydrogens is 374 g/mol. The first-order valence-corrected chi connectivity index (χ1v) is 10.5. The molecule has 1 aromatic carbocycles. The van der Waals surface area contributed by atoms with Crippen LogP contribution in [-0.4, -0.2) is 58.2 Å². The van der Waals surface area contributed by atoms with Gasteiger partial charge in [0.2, 0.25) is 0 Å². The van der Waals surface area contributed by atoms with Gasteiger partial charge in [-0.25, -0.2) is 8.42 Å². The monoisotopic (exact) mass is 399 g/mol. The maximum absolute atomic E-state index is 12.1. The number of amides is 1. The van der Waals surface area contributed by atoms with Crippen molar-refractivity contribution in [2.75, 3.05) is 25.7 Å². The van der Waals surface area contributed by atoms with Crippen LogP contribution in [0, 0.1) is 0 Å². The number of methoxy groups -OCH3 is 2. The zero-order chi connectivity index (χ0) is 20.0. The van der Waals surface area contributed by atoms with E-state index in [1.54, 1.807) is 12.1 Å². The molecule has 2 rings (SSSR count). The summed E-state index contributed by atoms with van der Waals surface area (Å²) in [5, 5.41) is 2.61. The second kappa shape index (κ2) is 9.07. The van der Waals surface area contributed by atoms with Gasteiger partial charge in [-0.1, -0.05) is 12.1 Å². The van der Waals surface area contributed by atoms with Gasteiger partial charge in [-0.2, -0.15) is 0 Å². The largest absolute Gasteiger partial charge is 0.493 e. The number of para-hydroxylation sites is 1. The number of ether oxygens (including phenoxy) is 3. The third kappa shape index (κ3) is 5.85. The fourth-order valence-electron chi connectivity index (χ4n) is 2.92. The lowest BCUT2D eigenvalue weighted by molar-refractivity contribution is -0.155. The minimum absolute atomic E-state index is 0.0640. The normalized spacial score (nSPS) is 19.1. The van der Waals surface area contributed by atoms with Crippen LogP contribution in [0.3, 0.4) is 0 Å². The van der Waals surface area contributed by atoms with E-state index in [2.05, 4.69) is 5.32 Å². The third-order valence-electron chi connectivity index (χ3n) is 4.34. The maximum atomic E-state index is 12.1. The fourth-order valence-corrected chi connectivity index (χ4v) is 4.60. The van der Waals surface area contributed by atoms with Gasteiger partial charge in [0.05, 0.1) is 25.7 Å². The number of nitrogens with one attached hydrogen (secondary N) is 1. The Morgan fingerprint density at radius 2 is 2.00 bits per heavy atom. The Balaban J connectivity index is 1.84. The molecule has 1 aliphatic rings. The highest BCUT2D eigenvalue weighted by atomic mass is 32.2. The SMILES string of the molecule is COc1cccc(CCC(=O)O[C@H](C)C(=O)N[C@H]2CCS(=O)(=O)C2)c1OC. The average Bonchev–Trinajstić information content (AvgIpc) is 2.97. The number of hydrogen-bond acceptors (Lipinski definition) is 7. The highest BCUT2D eigenvalue weighted by Gasteiger charge is 2.30. The molecule has 150 valence electrons. The van der Waals surface area contributed by atoms with Gasteiger partial charge in [-0.15, -0.1) is 0 Å². The molecule has 0 saturated carbocycles. The Bertz CT molecular complexity index is 791. The van der Waals surface area contributed by atoms with Gasteiger partial charge < -0.3 is 19.5 Å². The quantitative estimate of drug-likeness (QED) is 0.646. The summed E-state index contributed by atoms with van der Waals surface area (Å²) in [5.74, 6) is 0.0958. The molecule has 8 nitrogen and oxygen atoms in total. The van der Waals surface area contributed by atoms with Crippen LogP contribution in [0.1, 0.15) is 25.3 Å². The molecule has 0 radical (unpaired) electrons. The van der Waals surface area contributed by atoms with E-state index in [1.807, 2.05) is 6.07 Å². The van der Waals surface area contributed by atoms with E-state index in [1.165, 1.54) is 21.1 Å². The number of benzene rings is 1. The van der Waals surface area contributed by atoms with Crippen molar-refractivity contribution < 1.29 is 32.2 Å². The van der Waals surface area contributed by atoms with Gasteiger partial charge in [0, 0.05) is 12.5 Å². The maximum Gasteiger partial charge on any atom is 0.306 e. The summed E-state index contributed by atoms with van der Waals surface area (Å²) in [7, 11) is -0.0295. The molecule has 2 atom stereocenters. The van der Waals surface area contributed by atoms with Gasteiger partial charge >= 0.3 is 5.97 Å². The summed E-state index contributed by atoms with van der Waals surface area (Å²) in [4.78, 5) is 24.1. The molecule has 0 aromatic heterocycles. The zero-order valence-corrected chi connectivity index (χ0v) is 16.5. The van der Waals surface area contributed by atoms with E-state index in [-0.39, 0.29) is 17.9 Å². The van der Waals surface area contributed by atoms with E-state index >= 15 is 0 Å². The second-order valence-electron chi connectivity index (χ2n) is 6.39. The lowest BCUT2D eigenvalue weighted by Gasteiger charge is -2.17. The molecule has 9 heteroatoms. The van der Waals surface area contributed by atoms with Gasteiger partial charge in [0.15, 0.2) is 27.4 Å². The topological polar surface area (TPSA) is 108 Å². The molecule has 1 heterocycles. The summed E-state index contributed by atoms with van der Waals surface area (Å²) < 4.78 is 38.6. The second-order valence-corrected chi connectivity index (χ2v) is 8.62. The molecule has 1 amide bonds. The molecule has 0 bridgehead atoms. The molecule has 0 unspecified atom stereocenters. The van der Waals surface area contributed by atoms with Crippen LogP contribution in [0.4, 0.5) is 0 Å². The predicted molar refractivity (Wildman–Crippen MR) is 98.6 cm³/mol. The van der Waals surface area contributed by atoms with Crippen LogP contribution in [0.15, 0.2) is 18.2 Å². The molecule has 27 heavy (non-hydrogen) atoms. The number of carbonyl (C=O) groups excluding carboxylic acids is 2. The highest BCUT2D eigenvalue weighted by molar-refractivity contribution is 7.91. The summed E-state index contributed by atoms with van der Waals surface area (Å²) in [5.41, 5.74) is 0.794. The van der Waals surface area contributed by atoms with Crippen LogP contribution in [-0.2, 0) is 30.6 Å². The zero-order valence-electron chi connectivity index (χ0n) is 15.7. The summed E-state index contributed by atoms with van der Waals surface area (Å²) in [6.07, 6.45) is -0.175. The number of aryl methyl sites for hydroxylation is 1. The first kappa shape index (κ1) is 21.0. The first-order chi connectivity index (χ1) is 12.8. The molecule has 0 spiro atoms. The molecule has 1 fully saturated rings. The van der Waals surface area contributed by atoms with Crippen molar-refractivity contribution in [2.24, 2.45) is 0 Å². The first-order valence-electron chi connectivity index (χ1n) is 8.66. The summed E-state index contributed by atoms with van der Waals surface area (Å²) >= 11 is 0. The van der Waals surface area contributed by atoms with Gasteiger partial charge in [-0.05, 0) is 31.4 Å². The Labute approximate surface area is 159 Å². The minimum Gasteiger partial charge on any atom is -0.493 e. The number of hydrogen-bond donors (Lipinski definition) is 1. The number of carbonyl (C=O) groups is 2.